The zero-order valence-corrected chi connectivity index (χ0v) is 14.8. The monoisotopic (exact) mass is 371 g/mol. The molecule has 0 atom stereocenters. The number of H-pyrrole nitrogens is 1. The summed E-state index contributed by atoms with van der Waals surface area (Å²) in [6.45, 7) is 0.606. The molecule has 1 aromatic heterocycles. The van der Waals surface area contributed by atoms with Gasteiger partial charge in [0.15, 0.2) is 0 Å². The van der Waals surface area contributed by atoms with Gasteiger partial charge in [0.05, 0.1) is 17.3 Å². The van der Waals surface area contributed by atoms with E-state index in [1.807, 2.05) is 12.1 Å². The molecule has 0 fully saturated rings. The van der Waals surface area contributed by atoms with Crippen LogP contribution < -0.4 is 16.4 Å². The van der Waals surface area contributed by atoms with Crippen LogP contribution in [-0.4, -0.2) is 22.2 Å². The number of carbonyl (C=O) groups is 1. The van der Waals surface area contributed by atoms with Gasteiger partial charge >= 0.3 is 0 Å². The Morgan fingerprint density at radius 2 is 1.73 bits per heavy atom. The Labute approximate surface area is 154 Å². The van der Waals surface area contributed by atoms with Gasteiger partial charge in [-0.15, -0.1) is 0 Å². The average molecular weight is 372 g/mol. The number of nitrogens with zero attached hydrogens (tertiary/aromatic N) is 1. The second-order valence-electron chi connectivity index (χ2n) is 5.92. The van der Waals surface area contributed by atoms with E-state index in [2.05, 4.69) is 10.4 Å². The molecule has 0 aliphatic rings. The zero-order valence-electron chi connectivity index (χ0n) is 14.0. The first-order chi connectivity index (χ1) is 12.5. The Kier molecular flexibility index (Phi) is 5.53. The van der Waals surface area contributed by atoms with Gasteiger partial charge in [-0.25, -0.2) is 4.68 Å². The molecule has 0 bridgehead atoms. The van der Waals surface area contributed by atoms with Gasteiger partial charge in [0.1, 0.15) is 0 Å². The van der Waals surface area contributed by atoms with E-state index in [1.54, 1.807) is 36.4 Å². The van der Waals surface area contributed by atoms with Crippen molar-refractivity contribution in [3.05, 3.63) is 79.8 Å². The van der Waals surface area contributed by atoms with Gasteiger partial charge in [0.25, 0.3) is 11.1 Å². The number of rotatable bonds is 6. The highest BCUT2D eigenvalue weighted by molar-refractivity contribution is 6.30. The summed E-state index contributed by atoms with van der Waals surface area (Å²) in [6, 6.07) is 14.1. The summed E-state index contributed by atoms with van der Waals surface area (Å²) in [6.07, 6.45) is 0.796. The maximum Gasteiger partial charge on any atom is 0.273 e. The molecule has 0 aliphatic carbocycles. The summed E-state index contributed by atoms with van der Waals surface area (Å²) in [5.41, 5.74) is 0.419. The molecule has 1 heterocycles. The molecular weight excluding hydrogens is 354 g/mol. The Morgan fingerprint density at radius 1 is 1.04 bits per heavy atom. The summed E-state index contributed by atoms with van der Waals surface area (Å²) in [5, 5.41) is 6.69. The highest BCUT2D eigenvalue weighted by Gasteiger charge is 2.08. The SMILES string of the molecule is O=C(CCn1[nH]c(=O)c2ccccc2c1=O)NCCc1ccc(Cl)cc1. The molecule has 3 rings (SSSR count). The first-order valence-corrected chi connectivity index (χ1v) is 8.65. The second kappa shape index (κ2) is 8.01. The van der Waals surface area contributed by atoms with Gasteiger partial charge in [-0.1, -0.05) is 35.9 Å². The minimum absolute atomic E-state index is 0.106. The molecule has 1 amide bonds. The topological polar surface area (TPSA) is 84.0 Å². The van der Waals surface area contributed by atoms with Crippen LogP contribution in [0.5, 0.6) is 0 Å². The number of benzene rings is 2. The highest BCUT2D eigenvalue weighted by atomic mass is 35.5. The van der Waals surface area contributed by atoms with Gasteiger partial charge in [0, 0.05) is 18.0 Å². The normalized spacial score (nSPS) is 10.8. The predicted molar refractivity (Wildman–Crippen MR) is 102 cm³/mol. The lowest BCUT2D eigenvalue weighted by Crippen LogP contribution is -2.33. The average Bonchev–Trinajstić information content (AvgIpc) is 2.65. The summed E-state index contributed by atoms with van der Waals surface area (Å²) >= 11 is 5.83. The summed E-state index contributed by atoms with van der Waals surface area (Å²) in [5.74, 6) is -0.181. The van der Waals surface area contributed by atoms with Gasteiger partial charge in [-0.05, 0) is 36.2 Å². The quantitative estimate of drug-likeness (QED) is 0.696. The summed E-state index contributed by atoms with van der Waals surface area (Å²) in [7, 11) is 0. The van der Waals surface area contributed by atoms with Crippen LogP contribution in [0.25, 0.3) is 10.8 Å². The smallest absolute Gasteiger partial charge is 0.273 e. The van der Waals surface area contributed by atoms with Crippen LogP contribution in [0.3, 0.4) is 0 Å². The van der Waals surface area contributed by atoms with E-state index in [9.17, 15) is 14.4 Å². The van der Waals surface area contributed by atoms with Crippen molar-refractivity contribution in [3.8, 4) is 0 Å². The Hall–Kier alpha value is -2.86. The number of halogens is 1. The van der Waals surface area contributed by atoms with Gasteiger partial charge in [-0.2, -0.15) is 0 Å². The maximum atomic E-state index is 12.4. The molecule has 7 heteroatoms. The molecule has 6 nitrogen and oxygen atoms in total. The molecular formula is C19H18ClN3O3. The molecule has 3 aromatic rings. The third-order valence-electron chi connectivity index (χ3n) is 4.10. The number of aromatic amines is 1. The van der Waals surface area contributed by atoms with Crippen LogP contribution in [0.15, 0.2) is 58.1 Å². The van der Waals surface area contributed by atoms with Crippen molar-refractivity contribution in [1.29, 1.82) is 0 Å². The van der Waals surface area contributed by atoms with Crippen molar-refractivity contribution in [2.24, 2.45) is 0 Å². The summed E-state index contributed by atoms with van der Waals surface area (Å²) in [4.78, 5) is 36.4. The molecule has 2 aromatic carbocycles. The predicted octanol–water partition coefficient (Wildman–Crippen LogP) is 2.09. The largest absolute Gasteiger partial charge is 0.356 e. The van der Waals surface area contributed by atoms with Gasteiger partial charge in [-0.3, -0.25) is 19.5 Å². The number of carbonyl (C=O) groups excluding carboxylic acids is 1. The van der Waals surface area contributed by atoms with Gasteiger partial charge < -0.3 is 5.32 Å². The van der Waals surface area contributed by atoms with Crippen molar-refractivity contribution < 1.29 is 4.79 Å². The Balaban J connectivity index is 1.57. The maximum absolute atomic E-state index is 12.4. The molecule has 0 spiro atoms. The second-order valence-corrected chi connectivity index (χ2v) is 6.36. The van der Waals surface area contributed by atoms with Crippen LogP contribution in [0.1, 0.15) is 12.0 Å². The standard InChI is InChI=1S/C19H18ClN3O3/c20-14-7-5-13(6-8-14)9-11-21-17(24)10-12-23-19(26)16-4-2-1-3-15(16)18(25)22-23/h1-8H,9-12H2,(H,21,24)(H,22,25). The fourth-order valence-electron chi connectivity index (χ4n) is 2.70. The van der Waals surface area contributed by atoms with Crippen molar-refractivity contribution in [2.45, 2.75) is 19.4 Å². The molecule has 134 valence electrons. The lowest BCUT2D eigenvalue weighted by atomic mass is 10.1. The van der Waals surface area contributed by atoms with E-state index in [-0.39, 0.29) is 30.0 Å². The molecule has 2 N–H and O–H groups in total. The van der Waals surface area contributed by atoms with Crippen molar-refractivity contribution in [2.75, 3.05) is 6.54 Å². The van der Waals surface area contributed by atoms with Crippen LogP contribution in [0.2, 0.25) is 5.02 Å². The lowest BCUT2D eigenvalue weighted by molar-refractivity contribution is -0.121. The molecule has 0 unspecified atom stereocenters. The number of amides is 1. The van der Waals surface area contributed by atoms with E-state index >= 15 is 0 Å². The Morgan fingerprint density at radius 3 is 2.46 bits per heavy atom. The van der Waals surface area contributed by atoms with Crippen LogP contribution in [0.4, 0.5) is 0 Å². The number of nitrogens with one attached hydrogen (secondary N) is 2. The number of hydrogen-bond donors (Lipinski definition) is 2. The van der Waals surface area contributed by atoms with Crippen LogP contribution >= 0.6 is 11.6 Å². The van der Waals surface area contributed by atoms with Crippen molar-refractivity contribution >= 4 is 28.3 Å². The third kappa shape index (κ3) is 4.21. The lowest BCUT2D eigenvalue weighted by Gasteiger charge is -2.08. The number of fused-ring (bicyclic) bond motifs is 1. The molecule has 0 aliphatic heterocycles. The third-order valence-corrected chi connectivity index (χ3v) is 4.35. The molecule has 0 radical (unpaired) electrons. The fourth-order valence-corrected chi connectivity index (χ4v) is 2.83. The van der Waals surface area contributed by atoms with E-state index in [4.69, 9.17) is 11.6 Å². The first kappa shape index (κ1) is 17.9. The highest BCUT2D eigenvalue weighted by Crippen LogP contribution is 2.09. The van der Waals surface area contributed by atoms with E-state index in [0.717, 1.165) is 5.56 Å². The zero-order chi connectivity index (χ0) is 18.5. The minimum Gasteiger partial charge on any atom is -0.356 e. The summed E-state index contributed by atoms with van der Waals surface area (Å²) < 4.78 is 1.18. The van der Waals surface area contributed by atoms with Crippen LogP contribution in [0, 0.1) is 0 Å². The number of aryl methyl sites for hydroxylation is 1. The Bertz CT molecular complexity index is 1040. The first-order valence-electron chi connectivity index (χ1n) is 8.27. The van der Waals surface area contributed by atoms with Crippen molar-refractivity contribution in [1.82, 2.24) is 15.1 Å². The van der Waals surface area contributed by atoms with E-state index < -0.39 is 0 Å². The fraction of sp³-hybridized carbons (Fsp3) is 0.211. The van der Waals surface area contributed by atoms with Gasteiger partial charge in [0.2, 0.25) is 5.91 Å². The number of hydrogen-bond acceptors (Lipinski definition) is 3. The molecule has 0 saturated carbocycles. The van der Waals surface area contributed by atoms with Crippen molar-refractivity contribution in [3.63, 3.8) is 0 Å². The molecule has 26 heavy (non-hydrogen) atoms. The minimum atomic E-state index is -0.344. The number of aromatic nitrogens is 2. The van der Waals surface area contributed by atoms with E-state index in [0.29, 0.717) is 28.8 Å². The van der Waals surface area contributed by atoms with Crippen LogP contribution in [-0.2, 0) is 17.8 Å². The molecule has 0 saturated heterocycles. The van der Waals surface area contributed by atoms with E-state index in [1.165, 1.54) is 4.68 Å².